The number of hydrogen-bond acceptors (Lipinski definition) is 1. The molecule has 0 spiro atoms. The van der Waals surface area contributed by atoms with Crippen LogP contribution in [0.2, 0.25) is 0 Å². The highest BCUT2D eigenvalue weighted by atomic mass is 19.4. The third kappa shape index (κ3) is 5.23. The lowest BCUT2D eigenvalue weighted by atomic mass is 9.99. The largest absolute Gasteiger partial charge is 0.407 e. The minimum Gasteiger partial charge on any atom is -0.302 e. The molecule has 0 radical (unpaired) electrons. The van der Waals surface area contributed by atoms with Gasteiger partial charge in [0, 0.05) is 0 Å². The van der Waals surface area contributed by atoms with E-state index in [1.807, 2.05) is 6.92 Å². The van der Waals surface area contributed by atoms with Crippen LogP contribution in [0.15, 0.2) is 24.3 Å². The fraction of sp³-hybridized carbons (Fsp3) is 0.600. The van der Waals surface area contributed by atoms with E-state index in [2.05, 4.69) is 19.2 Å². The Hall–Kier alpha value is -1.03. The molecule has 0 saturated heterocycles. The molecule has 0 aliphatic carbocycles. The molecule has 0 fully saturated rings. The molecule has 0 heterocycles. The van der Waals surface area contributed by atoms with Gasteiger partial charge >= 0.3 is 6.18 Å². The van der Waals surface area contributed by atoms with E-state index in [9.17, 15) is 13.2 Å². The van der Waals surface area contributed by atoms with Gasteiger partial charge in [-0.2, -0.15) is 13.2 Å². The maximum absolute atomic E-state index is 13.0. The van der Waals surface area contributed by atoms with Crippen molar-refractivity contribution in [3.05, 3.63) is 35.4 Å². The topological polar surface area (TPSA) is 12.0 Å². The van der Waals surface area contributed by atoms with Crippen LogP contribution in [0.3, 0.4) is 0 Å². The van der Waals surface area contributed by atoms with Crippen LogP contribution in [0, 0.1) is 5.92 Å². The molecule has 0 amide bonds. The second-order valence-electron chi connectivity index (χ2n) is 5.27. The van der Waals surface area contributed by atoms with Crippen LogP contribution in [-0.2, 0) is 6.42 Å². The lowest BCUT2D eigenvalue weighted by molar-refractivity contribution is -0.157. The molecule has 0 saturated carbocycles. The van der Waals surface area contributed by atoms with Gasteiger partial charge in [0.2, 0.25) is 0 Å². The van der Waals surface area contributed by atoms with Crippen molar-refractivity contribution in [2.45, 2.75) is 45.8 Å². The van der Waals surface area contributed by atoms with Gasteiger partial charge < -0.3 is 5.32 Å². The van der Waals surface area contributed by atoms with Crippen molar-refractivity contribution in [1.29, 1.82) is 0 Å². The molecule has 1 atom stereocenters. The van der Waals surface area contributed by atoms with Gasteiger partial charge in [-0.05, 0) is 36.4 Å². The number of halogens is 3. The van der Waals surface area contributed by atoms with Gasteiger partial charge in [0.15, 0.2) is 0 Å². The van der Waals surface area contributed by atoms with Crippen molar-refractivity contribution < 1.29 is 13.2 Å². The summed E-state index contributed by atoms with van der Waals surface area (Å²) in [6, 6.07) is 5.18. The van der Waals surface area contributed by atoms with Crippen molar-refractivity contribution in [2.24, 2.45) is 5.92 Å². The summed E-state index contributed by atoms with van der Waals surface area (Å²) >= 11 is 0. The van der Waals surface area contributed by atoms with Gasteiger partial charge in [-0.3, -0.25) is 0 Å². The van der Waals surface area contributed by atoms with Crippen LogP contribution < -0.4 is 5.32 Å². The highest BCUT2D eigenvalue weighted by Crippen LogP contribution is 2.32. The first-order valence-electron chi connectivity index (χ1n) is 6.73. The Morgan fingerprint density at radius 2 is 1.68 bits per heavy atom. The Morgan fingerprint density at radius 3 is 2.11 bits per heavy atom. The van der Waals surface area contributed by atoms with Crippen LogP contribution in [0.5, 0.6) is 0 Å². The van der Waals surface area contributed by atoms with E-state index in [0.29, 0.717) is 18.9 Å². The highest BCUT2D eigenvalue weighted by molar-refractivity contribution is 5.26. The van der Waals surface area contributed by atoms with Gasteiger partial charge in [0.25, 0.3) is 0 Å². The molecule has 1 rings (SSSR count). The number of alkyl halides is 3. The van der Waals surface area contributed by atoms with Crippen molar-refractivity contribution in [1.82, 2.24) is 5.32 Å². The smallest absolute Gasteiger partial charge is 0.302 e. The zero-order valence-corrected chi connectivity index (χ0v) is 11.7. The summed E-state index contributed by atoms with van der Waals surface area (Å²) in [7, 11) is 0. The molecule has 1 nitrogen and oxygen atoms in total. The van der Waals surface area contributed by atoms with E-state index in [-0.39, 0.29) is 5.56 Å². The molecule has 0 aliphatic heterocycles. The average molecular weight is 273 g/mol. The standard InChI is InChI=1S/C15H22F3N/c1-4-9-19-14(15(16,17)18)13-7-5-12(6-8-13)10-11(2)3/h5-8,11,14,19H,4,9-10H2,1-3H3. The van der Waals surface area contributed by atoms with Gasteiger partial charge in [-0.25, -0.2) is 0 Å². The SMILES string of the molecule is CCCNC(c1ccc(CC(C)C)cc1)C(F)(F)F. The molecular weight excluding hydrogens is 251 g/mol. The number of hydrogen-bond donors (Lipinski definition) is 1. The second kappa shape index (κ2) is 6.94. The molecule has 1 unspecified atom stereocenters. The number of rotatable bonds is 6. The number of nitrogens with one attached hydrogen (secondary N) is 1. The van der Waals surface area contributed by atoms with Crippen LogP contribution in [0.25, 0.3) is 0 Å². The van der Waals surface area contributed by atoms with Crippen LogP contribution in [0.4, 0.5) is 13.2 Å². The van der Waals surface area contributed by atoms with Crippen LogP contribution >= 0.6 is 0 Å². The van der Waals surface area contributed by atoms with Gasteiger partial charge in [-0.15, -0.1) is 0 Å². The molecule has 4 heteroatoms. The quantitative estimate of drug-likeness (QED) is 0.805. The maximum Gasteiger partial charge on any atom is 0.407 e. The third-order valence-corrected chi connectivity index (χ3v) is 2.88. The monoisotopic (exact) mass is 273 g/mol. The normalized spacial score (nSPS) is 13.8. The summed E-state index contributed by atoms with van der Waals surface area (Å²) in [4.78, 5) is 0. The van der Waals surface area contributed by atoms with E-state index in [4.69, 9.17) is 0 Å². The fourth-order valence-corrected chi connectivity index (χ4v) is 2.03. The first kappa shape index (κ1) is 16.0. The van der Waals surface area contributed by atoms with Gasteiger partial charge in [-0.1, -0.05) is 45.0 Å². The molecular formula is C15H22F3N. The molecule has 1 aromatic rings. The molecule has 0 aromatic heterocycles. The molecule has 19 heavy (non-hydrogen) atoms. The fourth-order valence-electron chi connectivity index (χ4n) is 2.03. The molecule has 108 valence electrons. The van der Waals surface area contributed by atoms with Crippen molar-refractivity contribution in [3.63, 3.8) is 0 Å². The molecule has 0 aliphatic rings. The summed E-state index contributed by atoms with van der Waals surface area (Å²) in [5, 5.41) is 2.56. The minimum absolute atomic E-state index is 0.286. The first-order valence-corrected chi connectivity index (χ1v) is 6.73. The summed E-state index contributed by atoms with van der Waals surface area (Å²) in [5.41, 5.74) is 1.36. The third-order valence-electron chi connectivity index (χ3n) is 2.88. The van der Waals surface area contributed by atoms with Crippen molar-refractivity contribution in [3.8, 4) is 0 Å². The van der Waals surface area contributed by atoms with E-state index in [1.165, 1.54) is 0 Å². The second-order valence-corrected chi connectivity index (χ2v) is 5.27. The van der Waals surface area contributed by atoms with Crippen molar-refractivity contribution >= 4 is 0 Å². The molecule has 1 N–H and O–H groups in total. The lowest BCUT2D eigenvalue weighted by Gasteiger charge is -2.22. The minimum atomic E-state index is -4.26. The Bertz CT molecular complexity index is 368. The Labute approximate surface area is 113 Å². The van der Waals surface area contributed by atoms with E-state index in [0.717, 1.165) is 12.0 Å². The Balaban J connectivity index is 2.85. The summed E-state index contributed by atoms with van der Waals surface area (Å²) in [6.45, 7) is 6.40. The van der Waals surface area contributed by atoms with Gasteiger partial charge in [0.1, 0.15) is 6.04 Å². The lowest BCUT2D eigenvalue weighted by Crippen LogP contribution is -2.34. The predicted molar refractivity (Wildman–Crippen MR) is 72.1 cm³/mol. The van der Waals surface area contributed by atoms with Gasteiger partial charge in [0.05, 0.1) is 0 Å². The first-order chi connectivity index (χ1) is 8.84. The van der Waals surface area contributed by atoms with Crippen LogP contribution in [0.1, 0.15) is 44.4 Å². The summed E-state index contributed by atoms with van der Waals surface area (Å²) in [6.07, 6.45) is -2.69. The summed E-state index contributed by atoms with van der Waals surface area (Å²) in [5.74, 6) is 0.502. The van der Waals surface area contributed by atoms with E-state index < -0.39 is 12.2 Å². The van der Waals surface area contributed by atoms with Crippen LogP contribution in [-0.4, -0.2) is 12.7 Å². The Kier molecular flexibility index (Phi) is 5.85. The zero-order chi connectivity index (χ0) is 14.5. The molecule has 1 aromatic carbocycles. The number of benzene rings is 1. The van der Waals surface area contributed by atoms with E-state index >= 15 is 0 Å². The predicted octanol–water partition coefficient (Wildman–Crippen LogP) is 4.49. The zero-order valence-electron chi connectivity index (χ0n) is 11.7. The van der Waals surface area contributed by atoms with Crippen molar-refractivity contribution in [2.75, 3.05) is 6.54 Å². The van der Waals surface area contributed by atoms with E-state index in [1.54, 1.807) is 24.3 Å². The maximum atomic E-state index is 13.0. The average Bonchev–Trinajstić information content (AvgIpc) is 2.29. The Morgan fingerprint density at radius 1 is 1.11 bits per heavy atom. The molecule has 0 bridgehead atoms. The summed E-state index contributed by atoms with van der Waals surface area (Å²) < 4.78 is 38.9. The highest BCUT2D eigenvalue weighted by Gasteiger charge is 2.40.